The molecule has 0 amide bonds. The molecule has 0 aromatic heterocycles. The number of hydrogen-bond donors (Lipinski definition) is 2. The van der Waals surface area contributed by atoms with E-state index >= 15 is 0 Å². The number of aliphatic imine (C=N–C) groups is 1. The van der Waals surface area contributed by atoms with E-state index < -0.39 is 4.92 Å². The van der Waals surface area contributed by atoms with E-state index in [1.807, 2.05) is 6.92 Å². The van der Waals surface area contributed by atoms with Crippen molar-refractivity contribution in [3.8, 4) is 0 Å². The molecule has 0 spiro atoms. The number of nitro benzene ring substituents is 1. The summed E-state index contributed by atoms with van der Waals surface area (Å²) in [7, 11) is 0. The number of rotatable bonds is 8. The third-order valence-corrected chi connectivity index (χ3v) is 4.68. The largest absolute Gasteiger partial charge is 0.379 e. The van der Waals surface area contributed by atoms with Crippen LogP contribution in [0.1, 0.15) is 26.3 Å². The molecule has 1 heterocycles. The zero-order chi connectivity index (χ0) is 20.6. The summed E-state index contributed by atoms with van der Waals surface area (Å²) in [6.45, 7) is 15.4. The van der Waals surface area contributed by atoms with Crippen LogP contribution in [0.15, 0.2) is 41.4 Å². The Morgan fingerprint density at radius 2 is 1.93 bits per heavy atom. The first-order chi connectivity index (χ1) is 13.3. The second kappa shape index (κ2) is 10.2. The summed E-state index contributed by atoms with van der Waals surface area (Å²) < 4.78 is 5.45. The molecule has 8 nitrogen and oxygen atoms in total. The van der Waals surface area contributed by atoms with Gasteiger partial charge in [0.2, 0.25) is 0 Å². The highest BCUT2D eigenvalue weighted by molar-refractivity contribution is 5.80. The van der Waals surface area contributed by atoms with E-state index in [1.165, 1.54) is 12.1 Å². The molecule has 0 unspecified atom stereocenters. The fourth-order valence-electron chi connectivity index (χ4n) is 2.88. The summed E-state index contributed by atoms with van der Waals surface area (Å²) in [5, 5.41) is 17.5. The number of nitrogens with one attached hydrogen (secondary N) is 2. The molecule has 0 bridgehead atoms. The molecule has 1 saturated heterocycles. The van der Waals surface area contributed by atoms with Crippen molar-refractivity contribution in [3.05, 3.63) is 52.1 Å². The van der Waals surface area contributed by atoms with Crippen LogP contribution in [0.5, 0.6) is 0 Å². The first kappa shape index (κ1) is 21.8. The van der Waals surface area contributed by atoms with E-state index in [-0.39, 0.29) is 11.2 Å². The quantitative estimate of drug-likeness (QED) is 0.233. The third-order valence-electron chi connectivity index (χ3n) is 4.68. The average Bonchev–Trinajstić information content (AvgIpc) is 2.68. The fraction of sp³-hybridized carbons (Fsp3) is 0.550. The van der Waals surface area contributed by atoms with E-state index in [1.54, 1.807) is 12.1 Å². The van der Waals surface area contributed by atoms with E-state index in [0.717, 1.165) is 44.0 Å². The Hall–Kier alpha value is -2.45. The van der Waals surface area contributed by atoms with Crippen molar-refractivity contribution < 1.29 is 9.66 Å². The number of morpholine rings is 1. The van der Waals surface area contributed by atoms with Crippen LogP contribution in [0, 0.1) is 10.1 Å². The smallest absolute Gasteiger partial charge is 0.269 e. The van der Waals surface area contributed by atoms with Gasteiger partial charge < -0.3 is 15.4 Å². The molecule has 1 fully saturated rings. The van der Waals surface area contributed by atoms with Crippen LogP contribution in [-0.2, 0) is 11.3 Å². The van der Waals surface area contributed by atoms with Crippen LogP contribution < -0.4 is 10.6 Å². The molecule has 1 aromatic carbocycles. The minimum atomic E-state index is -0.401. The molecule has 28 heavy (non-hydrogen) atoms. The van der Waals surface area contributed by atoms with Crippen molar-refractivity contribution in [1.82, 2.24) is 15.5 Å². The number of benzene rings is 1. The first-order valence-electron chi connectivity index (χ1n) is 9.50. The number of nitrogens with zero attached hydrogens (tertiary/aromatic N) is 3. The second-order valence-electron chi connectivity index (χ2n) is 7.66. The maximum absolute atomic E-state index is 10.8. The van der Waals surface area contributed by atoms with Gasteiger partial charge in [0.25, 0.3) is 5.69 Å². The average molecular weight is 390 g/mol. The van der Waals surface area contributed by atoms with Gasteiger partial charge in [-0.3, -0.25) is 15.0 Å². The second-order valence-corrected chi connectivity index (χ2v) is 7.66. The lowest BCUT2D eigenvalue weighted by Crippen LogP contribution is -2.56. The molecule has 1 aliphatic heterocycles. The Balaban J connectivity index is 2.00. The molecule has 1 aliphatic rings. The summed E-state index contributed by atoms with van der Waals surface area (Å²) in [5.41, 5.74) is 1.97. The van der Waals surface area contributed by atoms with Crippen molar-refractivity contribution in [2.45, 2.75) is 32.9 Å². The Kier molecular flexibility index (Phi) is 7.95. The third kappa shape index (κ3) is 6.94. The van der Waals surface area contributed by atoms with Crippen LogP contribution >= 0.6 is 0 Å². The summed E-state index contributed by atoms with van der Waals surface area (Å²) in [4.78, 5) is 17.4. The summed E-state index contributed by atoms with van der Waals surface area (Å²) in [6.07, 6.45) is 0. The fourth-order valence-corrected chi connectivity index (χ4v) is 2.88. The lowest BCUT2D eigenvalue weighted by molar-refractivity contribution is -0.384. The van der Waals surface area contributed by atoms with Gasteiger partial charge in [-0.2, -0.15) is 0 Å². The molecule has 0 atom stereocenters. The zero-order valence-corrected chi connectivity index (χ0v) is 17.0. The maximum Gasteiger partial charge on any atom is 0.269 e. The molecule has 154 valence electrons. The van der Waals surface area contributed by atoms with Gasteiger partial charge in [0.15, 0.2) is 5.96 Å². The molecular formula is C20H31N5O3. The normalized spacial score (nSPS) is 15.9. The Morgan fingerprint density at radius 1 is 1.29 bits per heavy atom. The van der Waals surface area contributed by atoms with E-state index in [9.17, 15) is 10.1 Å². The lowest BCUT2D eigenvalue weighted by atomic mass is 10.0. The predicted octanol–water partition coefficient (Wildman–Crippen LogP) is 2.32. The van der Waals surface area contributed by atoms with E-state index in [0.29, 0.717) is 19.0 Å². The molecule has 2 rings (SSSR count). The topological polar surface area (TPSA) is 92.0 Å². The van der Waals surface area contributed by atoms with Crippen LogP contribution in [-0.4, -0.2) is 60.7 Å². The molecule has 0 radical (unpaired) electrons. The lowest BCUT2D eigenvalue weighted by Gasteiger charge is -2.41. The number of ether oxygens (including phenoxy) is 1. The van der Waals surface area contributed by atoms with E-state index in [4.69, 9.17) is 4.74 Å². The number of nitro groups is 1. The summed E-state index contributed by atoms with van der Waals surface area (Å²) in [6, 6.07) is 6.47. The van der Waals surface area contributed by atoms with Crippen molar-refractivity contribution >= 4 is 11.6 Å². The SMILES string of the molecule is C=C(C)CNC(=NCc1ccc([N+](=O)[O-])cc1)NCC(C)(C)N1CCOCC1. The molecule has 0 aliphatic carbocycles. The van der Waals surface area contributed by atoms with Crippen molar-refractivity contribution in [2.24, 2.45) is 4.99 Å². The maximum atomic E-state index is 10.8. The number of non-ortho nitro benzene ring substituents is 1. The summed E-state index contributed by atoms with van der Waals surface area (Å²) in [5.74, 6) is 0.697. The molecule has 0 saturated carbocycles. The number of hydrogen-bond acceptors (Lipinski definition) is 5. The minimum Gasteiger partial charge on any atom is -0.379 e. The predicted molar refractivity (Wildman–Crippen MR) is 112 cm³/mol. The van der Waals surface area contributed by atoms with Gasteiger partial charge in [-0.15, -0.1) is 0 Å². The van der Waals surface area contributed by atoms with Gasteiger partial charge in [0, 0.05) is 43.9 Å². The Labute approximate surface area is 166 Å². The van der Waals surface area contributed by atoms with Gasteiger partial charge in [-0.05, 0) is 26.3 Å². The minimum absolute atomic E-state index is 0.0389. The van der Waals surface area contributed by atoms with E-state index in [2.05, 4.69) is 41.0 Å². The Bertz CT molecular complexity index is 694. The monoisotopic (exact) mass is 389 g/mol. The first-order valence-corrected chi connectivity index (χ1v) is 9.50. The highest BCUT2D eigenvalue weighted by atomic mass is 16.6. The van der Waals surface area contributed by atoms with Crippen LogP contribution in [0.3, 0.4) is 0 Å². The standard InChI is InChI=1S/C20H31N5O3/c1-16(2)13-21-19(22-14-17-5-7-18(8-6-17)25(26)27)23-15-20(3,4)24-9-11-28-12-10-24/h5-8H,1,9-15H2,2-4H3,(H2,21,22,23). The van der Waals surface area contributed by atoms with Gasteiger partial charge in [-0.25, -0.2) is 4.99 Å². The van der Waals surface area contributed by atoms with Gasteiger partial charge >= 0.3 is 0 Å². The zero-order valence-electron chi connectivity index (χ0n) is 17.0. The van der Waals surface area contributed by atoms with Crippen molar-refractivity contribution in [1.29, 1.82) is 0 Å². The van der Waals surface area contributed by atoms with Crippen molar-refractivity contribution in [3.63, 3.8) is 0 Å². The van der Waals surface area contributed by atoms with Gasteiger partial charge in [0.1, 0.15) is 0 Å². The van der Waals surface area contributed by atoms with Crippen LogP contribution in [0.2, 0.25) is 0 Å². The van der Waals surface area contributed by atoms with Crippen molar-refractivity contribution in [2.75, 3.05) is 39.4 Å². The molecule has 8 heteroatoms. The molecule has 2 N–H and O–H groups in total. The van der Waals surface area contributed by atoms with Crippen LogP contribution in [0.4, 0.5) is 5.69 Å². The molecular weight excluding hydrogens is 358 g/mol. The van der Waals surface area contributed by atoms with Crippen LogP contribution in [0.25, 0.3) is 0 Å². The van der Waals surface area contributed by atoms with Gasteiger partial charge in [-0.1, -0.05) is 24.3 Å². The highest BCUT2D eigenvalue weighted by Crippen LogP contribution is 2.15. The number of guanidine groups is 1. The highest BCUT2D eigenvalue weighted by Gasteiger charge is 2.28. The van der Waals surface area contributed by atoms with Gasteiger partial charge in [0.05, 0.1) is 24.7 Å². The Morgan fingerprint density at radius 3 is 2.50 bits per heavy atom. The molecule has 1 aromatic rings. The summed E-state index contributed by atoms with van der Waals surface area (Å²) >= 11 is 0.